The third kappa shape index (κ3) is 5.92. The molecule has 5 rings (SSSR count). The summed E-state index contributed by atoms with van der Waals surface area (Å²) in [5, 5.41) is 6.50. The number of nitrogens with one attached hydrogen (secondary N) is 2. The topological polar surface area (TPSA) is 138 Å². The summed E-state index contributed by atoms with van der Waals surface area (Å²) in [7, 11) is 0. The molecule has 39 heavy (non-hydrogen) atoms. The molecule has 0 radical (unpaired) electrons. The summed E-state index contributed by atoms with van der Waals surface area (Å²) in [6.07, 6.45) is 2.60. The first kappa shape index (κ1) is 27.4. The van der Waals surface area contributed by atoms with E-state index in [9.17, 15) is 27.6 Å². The van der Waals surface area contributed by atoms with Crippen LogP contribution in [0.15, 0.2) is 53.6 Å². The standard InChI is InChI=1S/C24H20F3N7O3.C2H6/c25-16-1-2-17(22(37)33-6-4-24(26,27)12-33)15(7-16)11-30-21(36)18-8-14(10-29-20(18)35)13-3-5-34-19(9-13)31-23(28)32-34;1-2/h1-3,5,7-10H,4,6,11-12H2,(H2,28,32)(H,29,35)(H,30,36);1-2H3. The first-order valence-corrected chi connectivity index (χ1v) is 12.2. The molecular formula is C26H26F3N7O3. The Hall–Kier alpha value is -4.68. The Labute approximate surface area is 220 Å². The molecule has 0 spiro atoms. The highest BCUT2D eigenvalue weighted by Gasteiger charge is 2.40. The minimum absolute atomic E-state index is 0.0112. The number of aromatic amines is 1. The van der Waals surface area contributed by atoms with Crippen LogP contribution in [0, 0.1) is 5.82 Å². The Kier molecular flexibility index (Phi) is 7.70. The first-order valence-electron chi connectivity index (χ1n) is 12.2. The van der Waals surface area contributed by atoms with E-state index in [2.05, 4.69) is 20.4 Å². The van der Waals surface area contributed by atoms with Crippen LogP contribution in [0.25, 0.3) is 16.8 Å². The number of rotatable bonds is 5. The number of carbonyl (C=O) groups is 2. The summed E-state index contributed by atoms with van der Waals surface area (Å²) in [6.45, 7) is 2.82. The van der Waals surface area contributed by atoms with Crippen LogP contribution in [0.5, 0.6) is 0 Å². The van der Waals surface area contributed by atoms with Gasteiger partial charge in [-0.1, -0.05) is 13.8 Å². The lowest BCUT2D eigenvalue weighted by molar-refractivity contribution is 0.0120. The first-order chi connectivity index (χ1) is 18.6. The SMILES string of the molecule is CC.Nc1nc2cc(-c3c[nH]c(=O)c(C(=O)NCc4cc(F)ccc4C(=O)N4CCC(F)(F)C4)c3)ccn2n1. The highest BCUT2D eigenvalue weighted by molar-refractivity contribution is 5.97. The van der Waals surface area contributed by atoms with E-state index in [1.807, 2.05) is 13.8 Å². The predicted octanol–water partition coefficient (Wildman–Crippen LogP) is 3.24. The summed E-state index contributed by atoms with van der Waals surface area (Å²) in [5.41, 5.74) is 6.40. The van der Waals surface area contributed by atoms with Crippen molar-refractivity contribution in [3.8, 4) is 11.1 Å². The van der Waals surface area contributed by atoms with Crippen LogP contribution >= 0.6 is 0 Å². The molecule has 2 amide bonds. The molecule has 0 aliphatic carbocycles. The van der Waals surface area contributed by atoms with Crippen LogP contribution in [0.1, 0.15) is 46.5 Å². The van der Waals surface area contributed by atoms with Crippen LogP contribution in [-0.2, 0) is 6.54 Å². The summed E-state index contributed by atoms with van der Waals surface area (Å²) < 4.78 is 42.6. The maximum Gasteiger partial charge on any atom is 0.267 e. The van der Waals surface area contributed by atoms with Gasteiger partial charge in [0.15, 0.2) is 5.65 Å². The third-order valence-electron chi connectivity index (χ3n) is 6.03. The van der Waals surface area contributed by atoms with E-state index in [0.29, 0.717) is 16.8 Å². The largest absolute Gasteiger partial charge is 0.366 e. The van der Waals surface area contributed by atoms with E-state index < -0.39 is 42.1 Å². The van der Waals surface area contributed by atoms with Crippen molar-refractivity contribution in [3.05, 3.63) is 81.7 Å². The number of amides is 2. The van der Waals surface area contributed by atoms with Crippen LogP contribution in [0.3, 0.4) is 0 Å². The van der Waals surface area contributed by atoms with Gasteiger partial charge in [-0.15, -0.1) is 5.10 Å². The maximum absolute atomic E-state index is 13.9. The lowest BCUT2D eigenvalue weighted by atomic mass is 10.0. The molecule has 4 aromatic rings. The smallest absolute Gasteiger partial charge is 0.267 e. The zero-order valence-corrected chi connectivity index (χ0v) is 21.2. The zero-order valence-electron chi connectivity index (χ0n) is 21.2. The summed E-state index contributed by atoms with van der Waals surface area (Å²) >= 11 is 0. The molecular weight excluding hydrogens is 515 g/mol. The normalized spacial score (nSPS) is 14.1. The molecule has 0 saturated carbocycles. The van der Waals surface area contributed by atoms with Crippen LogP contribution < -0.4 is 16.6 Å². The van der Waals surface area contributed by atoms with Gasteiger partial charge < -0.3 is 20.9 Å². The number of fused-ring (bicyclic) bond motifs is 1. The number of aromatic nitrogens is 4. The monoisotopic (exact) mass is 541 g/mol. The molecule has 204 valence electrons. The van der Waals surface area contributed by atoms with Gasteiger partial charge in [-0.25, -0.2) is 17.7 Å². The van der Waals surface area contributed by atoms with Gasteiger partial charge in [-0.3, -0.25) is 14.4 Å². The van der Waals surface area contributed by atoms with Crippen molar-refractivity contribution in [1.29, 1.82) is 0 Å². The Balaban J connectivity index is 0.00000172. The molecule has 10 nitrogen and oxygen atoms in total. The molecule has 4 heterocycles. The van der Waals surface area contributed by atoms with Crippen LogP contribution in [-0.4, -0.2) is 55.3 Å². The number of benzene rings is 1. The van der Waals surface area contributed by atoms with E-state index in [1.165, 1.54) is 22.8 Å². The lowest BCUT2D eigenvalue weighted by Gasteiger charge is -2.18. The number of likely N-dealkylation sites (tertiary alicyclic amines) is 1. The zero-order chi connectivity index (χ0) is 28.3. The number of nitrogens with zero attached hydrogens (tertiary/aromatic N) is 4. The fourth-order valence-electron chi connectivity index (χ4n) is 4.16. The number of pyridine rings is 2. The van der Waals surface area contributed by atoms with Crippen molar-refractivity contribution in [2.45, 2.75) is 32.7 Å². The Morgan fingerprint density at radius 2 is 1.90 bits per heavy atom. The minimum atomic E-state index is -2.98. The number of halogens is 3. The maximum atomic E-state index is 13.9. The van der Waals surface area contributed by atoms with Crippen molar-refractivity contribution < 1.29 is 22.8 Å². The number of nitrogens with two attached hydrogens (primary N) is 1. The van der Waals surface area contributed by atoms with Crippen molar-refractivity contribution in [2.24, 2.45) is 0 Å². The Bertz CT molecular complexity index is 1600. The number of H-pyrrole nitrogens is 1. The van der Waals surface area contributed by atoms with Crippen molar-refractivity contribution >= 4 is 23.4 Å². The second-order valence-corrected chi connectivity index (χ2v) is 8.64. The molecule has 13 heteroatoms. The molecule has 4 N–H and O–H groups in total. The lowest BCUT2D eigenvalue weighted by Crippen LogP contribution is -2.33. The second-order valence-electron chi connectivity index (χ2n) is 8.64. The number of hydrogen-bond acceptors (Lipinski definition) is 6. The molecule has 1 aliphatic rings. The predicted molar refractivity (Wildman–Crippen MR) is 138 cm³/mol. The number of nitrogen functional groups attached to an aromatic ring is 1. The minimum Gasteiger partial charge on any atom is -0.366 e. The number of anilines is 1. The third-order valence-corrected chi connectivity index (χ3v) is 6.03. The molecule has 3 aromatic heterocycles. The molecule has 0 atom stereocenters. The highest BCUT2D eigenvalue weighted by atomic mass is 19.3. The fraction of sp³-hybridized carbons (Fsp3) is 0.269. The van der Waals surface area contributed by atoms with Crippen LogP contribution in [0.4, 0.5) is 19.1 Å². The van der Waals surface area contributed by atoms with E-state index in [-0.39, 0.29) is 35.7 Å². The average Bonchev–Trinajstić information content (AvgIpc) is 3.48. The van der Waals surface area contributed by atoms with Gasteiger partial charge in [-0.2, -0.15) is 4.98 Å². The number of carbonyl (C=O) groups excluding carboxylic acids is 2. The van der Waals surface area contributed by atoms with Gasteiger partial charge in [0.1, 0.15) is 11.4 Å². The molecule has 1 fully saturated rings. The van der Waals surface area contributed by atoms with Gasteiger partial charge in [0.2, 0.25) is 5.95 Å². The Morgan fingerprint density at radius 1 is 1.13 bits per heavy atom. The van der Waals surface area contributed by atoms with Gasteiger partial charge >= 0.3 is 0 Å². The van der Waals surface area contributed by atoms with E-state index >= 15 is 0 Å². The molecule has 0 unspecified atom stereocenters. The molecule has 1 saturated heterocycles. The number of alkyl halides is 2. The molecule has 0 bridgehead atoms. The summed E-state index contributed by atoms with van der Waals surface area (Å²) in [5.74, 6) is -5.03. The van der Waals surface area contributed by atoms with E-state index in [4.69, 9.17) is 5.73 Å². The van der Waals surface area contributed by atoms with Crippen molar-refractivity contribution in [2.75, 3.05) is 18.8 Å². The molecule has 1 aliphatic heterocycles. The quantitative estimate of drug-likeness (QED) is 0.355. The van der Waals surface area contributed by atoms with Gasteiger partial charge in [-0.05, 0) is 53.1 Å². The van der Waals surface area contributed by atoms with E-state index in [0.717, 1.165) is 17.0 Å². The fourth-order valence-corrected chi connectivity index (χ4v) is 4.16. The van der Waals surface area contributed by atoms with Crippen molar-refractivity contribution in [3.63, 3.8) is 0 Å². The summed E-state index contributed by atoms with van der Waals surface area (Å²) in [6, 6.07) is 8.02. The van der Waals surface area contributed by atoms with Crippen molar-refractivity contribution in [1.82, 2.24) is 29.8 Å². The molecule has 1 aromatic carbocycles. The van der Waals surface area contributed by atoms with Gasteiger partial charge in [0, 0.05) is 37.5 Å². The number of hydrogen-bond donors (Lipinski definition) is 3. The summed E-state index contributed by atoms with van der Waals surface area (Å²) in [4.78, 5) is 45.7. The Morgan fingerprint density at radius 3 is 2.62 bits per heavy atom. The highest BCUT2D eigenvalue weighted by Crippen LogP contribution is 2.28. The van der Waals surface area contributed by atoms with Crippen LogP contribution in [0.2, 0.25) is 0 Å². The average molecular weight is 542 g/mol. The van der Waals surface area contributed by atoms with Gasteiger partial charge in [0.05, 0.1) is 6.54 Å². The van der Waals surface area contributed by atoms with Gasteiger partial charge in [0.25, 0.3) is 23.3 Å². The van der Waals surface area contributed by atoms with E-state index in [1.54, 1.807) is 18.3 Å². The second kappa shape index (κ2) is 11.0.